The molecule has 0 saturated heterocycles. The molecule has 6 nitrogen and oxygen atoms in total. The van der Waals surface area contributed by atoms with Crippen molar-refractivity contribution in [3.8, 4) is 0 Å². The molecule has 0 fully saturated rings. The third-order valence-corrected chi connectivity index (χ3v) is 6.27. The fourth-order valence-electron chi connectivity index (χ4n) is 3.30. The summed E-state index contributed by atoms with van der Waals surface area (Å²) in [6, 6.07) is 13.1. The monoisotopic (exact) mass is 515 g/mol. The zero-order chi connectivity index (χ0) is 23.3. The normalized spacial score (nSPS) is 15.7. The van der Waals surface area contributed by atoms with Gasteiger partial charge in [0.2, 0.25) is 5.91 Å². The molecule has 1 amide bonds. The molecule has 1 aliphatic heterocycles. The molecule has 1 heterocycles. The predicted molar refractivity (Wildman–Crippen MR) is 134 cm³/mol. The zero-order valence-electron chi connectivity index (χ0n) is 18.5. The second-order valence-electron chi connectivity index (χ2n) is 7.43. The molecule has 0 unspecified atom stereocenters. The smallest absolute Gasteiger partial charge is 0.338 e. The lowest BCUT2D eigenvalue weighted by molar-refractivity contribution is -0.139. The highest BCUT2D eigenvalue weighted by atomic mass is 79.9. The molecule has 1 atom stereocenters. The van der Waals surface area contributed by atoms with Crippen LogP contribution in [0.5, 0.6) is 0 Å². The minimum atomic E-state index is -0.516. The number of rotatable bonds is 6. The number of aryl methyl sites for hydroxylation is 2. The number of nitrogens with one attached hydrogen (secondary N) is 2. The highest BCUT2D eigenvalue weighted by Gasteiger charge is 2.30. The molecule has 32 heavy (non-hydrogen) atoms. The van der Waals surface area contributed by atoms with E-state index >= 15 is 0 Å². The van der Waals surface area contributed by atoms with Gasteiger partial charge >= 0.3 is 5.97 Å². The lowest BCUT2D eigenvalue weighted by atomic mass is 9.97. The first-order chi connectivity index (χ1) is 15.3. The van der Waals surface area contributed by atoms with Gasteiger partial charge in [-0.15, -0.1) is 0 Å². The number of nitrogens with zero attached hydrogens (tertiary/aromatic N) is 1. The number of thioether (sulfide) groups is 1. The molecule has 3 rings (SSSR count). The van der Waals surface area contributed by atoms with Gasteiger partial charge in [0.1, 0.15) is 6.04 Å². The van der Waals surface area contributed by atoms with Crippen LogP contribution >= 0.6 is 27.7 Å². The van der Waals surface area contributed by atoms with E-state index in [1.807, 2.05) is 63.2 Å². The number of carbonyl (C=O) groups is 2. The van der Waals surface area contributed by atoms with Crippen LogP contribution in [0.15, 0.2) is 63.2 Å². The number of ether oxygens (including phenoxy) is 1. The van der Waals surface area contributed by atoms with E-state index in [2.05, 4.69) is 26.6 Å². The van der Waals surface area contributed by atoms with Crippen LogP contribution in [-0.4, -0.2) is 29.4 Å². The molecule has 0 radical (unpaired) electrons. The van der Waals surface area contributed by atoms with Crippen molar-refractivity contribution in [1.82, 2.24) is 5.32 Å². The predicted octanol–water partition coefficient (Wildman–Crippen LogP) is 5.28. The lowest BCUT2D eigenvalue weighted by Crippen LogP contribution is -2.31. The number of aliphatic imine (C=N–C) groups is 1. The van der Waals surface area contributed by atoms with Crippen molar-refractivity contribution in [3.05, 3.63) is 74.9 Å². The molecule has 0 spiro atoms. The average molecular weight is 516 g/mol. The first-order valence-corrected chi connectivity index (χ1v) is 12.0. The number of anilines is 1. The van der Waals surface area contributed by atoms with Crippen LogP contribution in [0.1, 0.15) is 36.6 Å². The van der Waals surface area contributed by atoms with Gasteiger partial charge in [0.15, 0.2) is 5.17 Å². The van der Waals surface area contributed by atoms with E-state index in [9.17, 15) is 9.59 Å². The number of halogens is 1. The van der Waals surface area contributed by atoms with E-state index in [0.29, 0.717) is 16.4 Å². The van der Waals surface area contributed by atoms with Crippen molar-refractivity contribution in [1.29, 1.82) is 0 Å². The summed E-state index contributed by atoms with van der Waals surface area (Å²) in [6.07, 6.45) is 0. The van der Waals surface area contributed by atoms with E-state index in [-0.39, 0.29) is 18.3 Å². The molecule has 0 aromatic heterocycles. The van der Waals surface area contributed by atoms with Gasteiger partial charge in [-0.1, -0.05) is 52.0 Å². The Morgan fingerprint density at radius 1 is 1.19 bits per heavy atom. The molecule has 0 aliphatic carbocycles. The maximum Gasteiger partial charge on any atom is 0.338 e. The summed E-state index contributed by atoms with van der Waals surface area (Å²) >= 11 is 4.78. The Labute approximate surface area is 201 Å². The van der Waals surface area contributed by atoms with Crippen molar-refractivity contribution in [2.45, 2.75) is 33.7 Å². The third-order valence-electron chi connectivity index (χ3n) is 4.89. The minimum Gasteiger partial charge on any atom is -0.463 e. The Morgan fingerprint density at radius 2 is 1.97 bits per heavy atom. The average Bonchev–Trinajstić information content (AvgIpc) is 2.74. The molecule has 2 N–H and O–H groups in total. The molecule has 1 aliphatic rings. The van der Waals surface area contributed by atoms with Crippen LogP contribution in [0.4, 0.5) is 5.69 Å². The second kappa shape index (κ2) is 10.8. The molecule has 8 heteroatoms. The molecule has 0 bridgehead atoms. The Morgan fingerprint density at radius 3 is 2.69 bits per heavy atom. The van der Waals surface area contributed by atoms with Gasteiger partial charge in [-0.3, -0.25) is 4.79 Å². The largest absolute Gasteiger partial charge is 0.463 e. The third kappa shape index (κ3) is 6.01. The lowest BCUT2D eigenvalue weighted by Gasteiger charge is -2.26. The summed E-state index contributed by atoms with van der Waals surface area (Å²) < 4.78 is 6.16. The number of carbonyl (C=O) groups excluding carboxylic acids is 2. The van der Waals surface area contributed by atoms with Crippen molar-refractivity contribution in [3.63, 3.8) is 0 Å². The molecule has 0 saturated carbocycles. The summed E-state index contributed by atoms with van der Waals surface area (Å²) in [6.45, 7) is 7.83. The summed E-state index contributed by atoms with van der Waals surface area (Å²) in [4.78, 5) is 29.9. The summed E-state index contributed by atoms with van der Waals surface area (Å²) in [5.41, 5.74) is 4.90. The quantitative estimate of drug-likeness (QED) is 0.511. The van der Waals surface area contributed by atoms with Gasteiger partial charge in [-0.25, -0.2) is 9.79 Å². The van der Waals surface area contributed by atoms with Crippen molar-refractivity contribution >= 4 is 50.4 Å². The number of amidine groups is 1. The Bertz CT molecular complexity index is 1100. The Kier molecular flexibility index (Phi) is 8.15. The van der Waals surface area contributed by atoms with Crippen LogP contribution in [0.3, 0.4) is 0 Å². The van der Waals surface area contributed by atoms with Gasteiger partial charge in [0.05, 0.1) is 17.9 Å². The van der Waals surface area contributed by atoms with Gasteiger partial charge < -0.3 is 15.4 Å². The second-order valence-corrected chi connectivity index (χ2v) is 9.31. The van der Waals surface area contributed by atoms with Gasteiger partial charge in [-0.05, 0) is 62.6 Å². The van der Waals surface area contributed by atoms with Gasteiger partial charge in [0, 0.05) is 15.9 Å². The highest BCUT2D eigenvalue weighted by molar-refractivity contribution is 9.10. The van der Waals surface area contributed by atoms with E-state index in [1.165, 1.54) is 11.8 Å². The van der Waals surface area contributed by atoms with Crippen LogP contribution < -0.4 is 10.6 Å². The SMILES string of the molecule is CCOC(=O)C1=C(C)NC(SCC(=O)Nc2cc(C)ccc2C)=N[C@@H]1c1cccc(Br)c1. The standard InChI is InChI=1S/C24H26BrN3O3S/c1-5-31-23(30)21-16(4)26-24(28-22(21)17-7-6-8-18(25)12-17)32-13-20(29)27-19-11-14(2)9-10-15(19)3/h6-12,22H,5,13H2,1-4H3,(H,26,28)(H,27,29)/t22-/m1/s1. The van der Waals surface area contributed by atoms with Crippen molar-refractivity contribution in [2.75, 3.05) is 17.7 Å². The van der Waals surface area contributed by atoms with Gasteiger partial charge in [-0.2, -0.15) is 0 Å². The summed E-state index contributed by atoms with van der Waals surface area (Å²) in [5, 5.41) is 6.70. The minimum absolute atomic E-state index is 0.120. The van der Waals surface area contributed by atoms with Crippen LogP contribution in [0, 0.1) is 13.8 Å². The fraction of sp³-hybridized carbons (Fsp3) is 0.292. The zero-order valence-corrected chi connectivity index (χ0v) is 20.9. The summed E-state index contributed by atoms with van der Waals surface area (Å²) in [7, 11) is 0. The van der Waals surface area contributed by atoms with E-state index in [4.69, 9.17) is 9.73 Å². The molecule has 2 aromatic rings. The number of allylic oxidation sites excluding steroid dienone is 1. The number of amides is 1. The molecule has 2 aromatic carbocycles. The molecule has 168 valence electrons. The number of hydrogen-bond acceptors (Lipinski definition) is 6. The topological polar surface area (TPSA) is 79.8 Å². The van der Waals surface area contributed by atoms with Crippen molar-refractivity contribution < 1.29 is 14.3 Å². The first kappa shape index (κ1) is 24.1. The van der Waals surface area contributed by atoms with E-state index in [1.54, 1.807) is 6.92 Å². The van der Waals surface area contributed by atoms with Gasteiger partial charge in [0.25, 0.3) is 0 Å². The van der Waals surface area contributed by atoms with Crippen LogP contribution in [-0.2, 0) is 14.3 Å². The summed E-state index contributed by atoms with van der Waals surface area (Å²) in [5.74, 6) is -0.333. The Balaban J connectivity index is 1.78. The number of hydrogen-bond donors (Lipinski definition) is 2. The van der Waals surface area contributed by atoms with E-state index in [0.717, 1.165) is 26.9 Å². The maximum atomic E-state index is 12.6. The number of benzene rings is 2. The molecular formula is C24H26BrN3O3S. The molecular weight excluding hydrogens is 490 g/mol. The fourth-order valence-corrected chi connectivity index (χ4v) is 4.46. The van der Waals surface area contributed by atoms with E-state index < -0.39 is 12.0 Å². The Hall–Kier alpha value is -2.58. The van der Waals surface area contributed by atoms with Crippen LogP contribution in [0.2, 0.25) is 0 Å². The van der Waals surface area contributed by atoms with Crippen LogP contribution in [0.25, 0.3) is 0 Å². The first-order valence-electron chi connectivity index (χ1n) is 10.3. The number of esters is 1. The maximum absolute atomic E-state index is 12.6. The van der Waals surface area contributed by atoms with Crippen molar-refractivity contribution in [2.24, 2.45) is 4.99 Å². The highest BCUT2D eigenvalue weighted by Crippen LogP contribution is 2.34.